The van der Waals surface area contributed by atoms with Gasteiger partial charge >= 0.3 is 0 Å². The fourth-order valence-electron chi connectivity index (χ4n) is 1.91. The van der Waals surface area contributed by atoms with Gasteiger partial charge in [0, 0.05) is 5.54 Å². The van der Waals surface area contributed by atoms with Crippen molar-refractivity contribution in [3.8, 4) is 0 Å². The molecule has 0 aliphatic carbocycles. The maximum Gasteiger partial charge on any atom is 0.250 e. The number of nitrogens with one attached hydrogen (secondary N) is 1. The van der Waals surface area contributed by atoms with Crippen LogP contribution in [0.1, 0.15) is 13.3 Å². The molecule has 1 aliphatic rings. The van der Waals surface area contributed by atoms with E-state index in [1.54, 1.807) is 13.0 Å². The molecule has 2 heterocycles. The van der Waals surface area contributed by atoms with Crippen molar-refractivity contribution in [2.75, 3.05) is 11.5 Å². The summed E-state index contributed by atoms with van der Waals surface area (Å²) in [5.41, 5.74) is -0.909. The molecule has 1 aromatic rings. The van der Waals surface area contributed by atoms with Crippen LogP contribution in [0.3, 0.4) is 0 Å². The minimum Gasteiger partial charge on any atom is -0.229 e. The van der Waals surface area contributed by atoms with Crippen LogP contribution in [0.4, 0.5) is 0 Å². The molecule has 1 aliphatic heterocycles. The van der Waals surface area contributed by atoms with Crippen LogP contribution >= 0.6 is 27.3 Å². The molecule has 1 aromatic heterocycles. The van der Waals surface area contributed by atoms with Gasteiger partial charge in [0.25, 0.3) is 10.0 Å². The van der Waals surface area contributed by atoms with Gasteiger partial charge in [0.1, 0.15) is 4.21 Å². The SMILES string of the molecule is CC1(NS(=O)(=O)c2ccc(Br)s2)CCS(=O)(=O)C1. The van der Waals surface area contributed by atoms with Crippen LogP contribution in [0.2, 0.25) is 0 Å². The molecule has 1 atom stereocenters. The summed E-state index contributed by atoms with van der Waals surface area (Å²) in [4.78, 5) is 0. The third-order valence-corrected chi connectivity index (χ3v) is 8.35. The van der Waals surface area contributed by atoms with E-state index < -0.39 is 25.4 Å². The number of halogens is 1. The molecule has 1 fully saturated rings. The van der Waals surface area contributed by atoms with Crippen LogP contribution in [0.15, 0.2) is 20.1 Å². The van der Waals surface area contributed by atoms with Crippen molar-refractivity contribution >= 4 is 47.1 Å². The topological polar surface area (TPSA) is 80.3 Å². The summed E-state index contributed by atoms with van der Waals surface area (Å²) in [6.07, 6.45) is 0.307. The highest BCUT2D eigenvalue weighted by molar-refractivity contribution is 9.11. The quantitative estimate of drug-likeness (QED) is 0.867. The maximum atomic E-state index is 12.1. The van der Waals surface area contributed by atoms with Crippen molar-refractivity contribution in [1.82, 2.24) is 4.72 Å². The van der Waals surface area contributed by atoms with Gasteiger partial charge in [-0.15, -0.1) is 11.3 Å². The summed E-state index contributed by atoms with van der Waals surface area (Å²) in [6, 6.07) is 3.14. The second kappa shape index (κ2) is 4.55. The third kappa shape index (κ3) is 3.13. The lowest BCUT2D eigenvalue weighted by Crippen LogP contribution is -2.46. The van der Waals surface area contributed by atoms with Gasteiger partial charge in [0.15, 0.2) is 9.84 Å². The summed E-state index contributed by atoms with van der Waals surface area (Å²) in [5, 5.41) is 0. The van der Waals surface area contributed by atoms with E-state index in [4.69, 9.17) is 0 Å². The van der Waals surface area contributed by atoms with E-state index in [2.05, 4.69) is 20.7 Å². The highest BCUT2D eigenvalue weighted by Crippen LogP contribution is 2.29. The number of hydrogen-bond acceptors (Lipinski definition) is 5. The van der Waals surface area contributed by atoms with E-state index in [-0.39, 0.29) is 15.7 Å². The predicted molar refractivity (Wildman–Crippen MR) is 74.0 cm³/mol. The van der Waals surface area contributed by atoms with Gasteiger partial charge in [-0.25, -0.2) is 21.6 Å². The summed E-state index contributed by atoms with van der Waals surface area (Å²) < 4.78 is 50.5. The molecule has 5 nitrogen and oxygen atoms in total. The highest BCUT2D eigenvalue weighted by Gasteiger charge is 2.41. The molecule has 1 unspecified atom stereocenters. The number of sulfonamides is 1. The van der Waals surface area contributed by atoms with Gasteiger partial charge in [0.05, 0.1) is 15.3 Å². The molecule has 1 N–H and O–H groups in total. The van der Waals surface area contributed by atoms with E-state index in [0.29, 0.717) is 10.2 Å². The smallest absolute Gasteiger partial charge is 0.229 e. The third-order valence-electron chi connectivity index (χ3n) is 2.70. The summed E-state index contributed by atoms with van der Waals surface area (Å²) in [5.74, 6) is -0.119. The lowest BCUT2D eigenvalue weighted by atomic mass is 10.0. The van der Waals surface area contributed by atoms with Crippen LogP contribution in [0, 0.1) is 0 Å². The molecule has 0 aromatic carbocycles. The van der Waals surface area contributed by atoms with E-state index in [1.165, 1.54) is 6.07 Å². The molecule has 18 heavy (non-hydrogen) atoms. The van der Waals surface area contributed by atoms with Crippen molar-refractivity contribution < 1.29 is 16.8 Å². The zero-order valence-corrected chi connectivity index (χ0v) is 13.5. The van der Waals surface area contributed by atoms with Crippen molar-refractivity contribution in [2.24, 2.45) is 0 Å². The van der Waals surface area contributed by atoms with Crippen molar-refractivity contribution in [1.29, 1.82) is 0 Å². The van der Waals surface area contributed by atoms with Crippen molar-refractivity contribution in [2.45, 2.75) is 23.1 Å². The monoisotopic (exact) mass is 373 g/mol. The maximum absolute atomic E-state index is 12.1. The first kappa shape index (κ1) is 14.4. The Morgan fingerprint density at radius 3 is 2.56 bits per heavy atom. The fraction of sp³-hybridized carbons (Fsp3) is 0.556. The van der Waals surface area contributed by atoms with Crippen LogP contribution in [0.25, 0.3) is 0 Å². The normalized spacial score (nSPS) is 27.4. The first-order valence-corrected chi connectivity index (χ1v) is 10.0. The van der Waals surface area contributed by atoms with Crippen molar-refractivity contribution in [3.63, 3.8) is 0 Å². The molecular weight excluding hydrogens is 362 g/mol. The van der Waals surface area contributed by atoms with Crippen LogP contribution in [-0.2, 0) is 19.9 Å². The predicted octanol–water partition coefficient (Wildman–Crippen LogP) is 1.37. The Bertz CT molecular complexity index is 664. The minimum absolute atomic E-state index is 0.0279. The number of hydrogen-bond donors (Lipinski definition) is 1. The number of rotatable bonds is 3. The largest absolute Gasteiger partial charge is 0.250 e. The molecule has 0 bridgehead atoms. The molecule has 0 amide bonds. The molecular formula is C9H12BrNO4S3. The molecule has 1 saturated heterocycles. The van der Waals surface area contributed by atoms with Gasteiger partial charge in [0.2, 0.25) is 0 Å². The Balaban J connectivity index is 2.24. The van der Waals surface area contributed by atoms with E-state index in [9.17, 15) is 16.8 Å². The molecule has 102 valence electrons. The molecule has 2 rings (SSSR count). The lowest BCUT2D eigenvalue weighted by molar-refractivity contribution is 0.462. The average Bonchev–Trinajstić information content (AvgIpc) is 2.70. The Morgan fingerprint density at radius 2 is 2.11 bits per heavy atom. The van der Waals surface area contributed by atoms with E-state index >= 15 is 0 Å². The fourth-order valence-corrected chi connectivity index (χ4v) is 7.54. The van der Waals surface area contributed by atoms with E-state index in [0.717, 1.165) is 11.3 Å². The number of thiophene rings is 1. The first-order chi connectivity index (χ1) is 8.12. The zero-order chi connectivity index (χ0) is 13.6. The van der Waals surface area contributed by atoms with Gasteiger partial charge < -0.3 is 0 Å². The van der Waals surface area contributed by atoms with Gasteiger partial charge in [-0.1, -0.05) is 0 Å². The lowest BCUT2D eigenvalue weighted by Gasteiger charge is -2.22. The molecule has 0 saturated carbocycles. The standard InChI is InChI=1S/C9H12BrNO4S3/c1-9(4-5-17(12,13)6-9)11-18(14,15)8-3-2-7(10)16-8/h2-3,11H,4-6H2,1H3. The van der Waals surface area contributed by atoms with Gasteiger partial charge in [-0.3, -0.25) is 0 Å². The molecule has 9 heteroatoms. The Hall–Kier alpha value is 0.0400. The van der Waals surface area contributed by atoms with E-state index in [1.807, 2.05) is 0 Å². The first-order valence-electron chi connectivity index (χ1n) is 5.12. The average molecular weight is 374 g/mol. The van der Waals surface area contributed by atoms with Gasteiger partial charge in [-0.2, -0.15) is 0 Å². The number of sulfone groups is 1. The van der Waals surface area contributed by atoms with Gasteiger partial charge in [-0.05, 0) is 41.4 Å². The summed E-state index contributed by atoms with van der Waals surface area (Å²) in [6.45, 7) is 1.62. The molecule has 0 radical (unpaired) electrons. The highest BCUT2D eigenvalue weighted by atomic mass is 79.9. The van der Waals surface area contributed by atoms with Crippen LogP contribution < -0.4 is 4.72 Å². The second-order valence-corrected chi connectivity index (χ2v) is 11.1. The van der Waals surface area contributed by atoms with Crippen molar-refractivity contribution in [3.05, 3.63) is 15.9 Å². The Kier molecular flexibility index (Phi) is 3.65. The minimum atomic E-state index is -3.66. The Labute approximate surface area is 119 Å². The van der Waals surface area contributed by atoms with Crippen LogP contribution in [-0.4, -0.2) is 33.9 Å². The van der Waals surface area contributed by atoms with Crippen LogP contribution in [0.5, 0.6) is 0 Å². The summed E-state index contributed by atoms with van der Waals surface area (Å²) >= 11 is 4.29. The molecule has 0 spiro atoms. The second-order valence-electron chi connectivity index (χ2n) is 4.57. The zero-order valence-electron chi connectivity index (χ0n) is 9.51. The summed E-state index contributed by atoms with van der Waals surface area (Å²) in [7, 11) is -6.79. The Morgan fingerprint density at radius 1 is 1.44 bits per heavy atom.